The summed E-state index contributed by atoms with van der Waals surface area (Å²) in [6, 6.07) is 6.71. The summed E-state index contributed by atoms with van der Waals surface area (Å²) in [7, 11) is -2.06. The number of benzene rings is 1. The molecule has 1 N–H and O–H groups in total. The van der Waals surface area contributed by atoms with E-state index in [1.807, 2.05) is 0 Å². The zero-order valence-electron chi connectivity index (χ0n) is 14.1. The highest BCUT2D eigenvalue weighted by Crippen LogP contribution is 2.19. The number of hydrogen-bond acceptors (Lipinski definition) is 5. The van der Waals surface area contributed by atoms with E-state index in [-0.39, 0.29) is 42.5 Å². The number of nitrogens with zero attached hydrogens (tertiary/aromatic N) is 4. The van der Waals surface area contributed by atoms with Crippen molar-refractivity contribution in [3.8, 4) is 0 Å². The fraction of sp³-hybridized carbons (Fsp3) is 0.312. The lowest BCUT2D eigenvalue weighted by Gasteiger charge is -2.34. The molecule has 3 rings (SSSR count). The van der Waals surface area contributed by atoms with Crippen LogP contribution in [0.4, 0.5) is 0 Å². The van der Waals surface area contributed by atoms with Gasteiger partial charge in [-0.15, -0.1) is 0 Å². The monoisotopic (exact) mass is 378 g/mol. The average molecular weight is 378 g/mol. The molecule has 0 spiro atoms. The third-order valence-electron chi connectivity index (χ3n) is 4.30. The molecule has 0 aliphatic carbocycles. The van der Waals surface area contributed by atoms with Crippen LogP contribution in [0.15, 0.2) is 41.4 Å². The van der Waals surface area contributed by atoms with Crippen molar-refractivity contribution in [1.82, 2.24) is 19.0 Å². The Bertz CT molecular complexity index is 928. The van der Waals surface area contributed by atoms with Crippen molar-refractivity contribution in [3.05, 3.63) is 47.8 Å². The smallest absolute Gasteiger partial charge is 0.335 e. The van der Waals surface area contributed by atoms with Crippen molar-refractivity contribution in [2.24, 2.45) is 7.05 Å². The van der Waals surface area contributed by atoms with E-state index < -0.39 is 16.0 Å². The van der Waals surface area contributed by atoms with Gasteiger partial charge >= 0.3 is 5.97 Å². The van der Waals surface area contributed by atoms with Crippen molar-refractivity contribution in [3.63, 3.8) is 0 Å². The number of carboxylic acid groups (broad SMARTS) is 1. The van der Waals surface area contributed by atoms with E-state index in [4.69, 9.17) is 5.11 Å². The molecule has 1 aliphatic heterocycles. The first-order valence-electron chi connectivity index (χ1n) is 7.91. The van der Waals surface area contributed by atoms with Crippen LogP contribution in [-0.2, 0) is 17.1 Å². The van der Waals surface area contributed by atoms with Crippen molar-refractivity contribution >= 4 is 21.9 Å². The molecule has 0 bridgehead atoms. The van der Waals surface area contributed by atoms with Crippen molar-refractivity contribution in [2.75, 3.05) is 26.2 Å². The average Bonchev–Trinajstić information content (AvgIpc) is 3.07. The van der Waals surface area contributed by atoms with Gasteiger partial charge in [0.1, 0.15) is 5.69 Å². The van der Waals surface area contributed by atoms with Crippen LogP contribution in [-0.4, -0.2) is 70.6 Å². The Balaban J connectivity index is 1.69. The summed E-state index contributed by atoms with van der Waals surface area (Å²) in [6.07, 6.45) is 1.54. The summed E-state index contributed by atoms with van der Waals surface area (Å²) in [5.41, 5.74) is 0.473. The number of piperazine rings is 1. The Morgan fingerprint density at radius 2 is 1.65 bits per heavy atom. The fourth-order valence-corrected chi connectivity index (χ4v) is 4.22. The van der Waals surface area contributed by atoms with Gasteiger partial charge in [0, 0.05) is 39.4 Å². The van der Waals surface area contributed by atoms with Gasteiger partial charge in [-0.1, -0.05) is 0 Å². The normalized spacial score (nSPS) is 15.8. The van der Waals surface area contributed by atoms with Gasteiger partial charge in [0.25, 0.3) is 5.91 Å². The topological polar surface area (TPSA) is 113 Å². The second kappa shape index (κ2) is 6.89. The molecular formula is C16H18N4O5S. The van der Waals surface area contributed by atoms with Crippen molar-refractivity contribution in [2.45, 2.75) is 4.90 Å². The third kappa shape index (κ3) is 3.33. The van der Waals surface area contributed by atoms with Gasteiger partial charge in [-0.05, 0) is 30.3 Å². The van der Waals surface area contributed by atoms with Crippen LogP contribution in [0, 0.1) is 0 Å². The number of carbonyl (C=O) groups is 2. The standard InChI is InChI=1S/C16H18N4O5S/c1-18-14(6-7-17-18)15(21)19-8-10-20(11-9-19)26(24,25)13-4-2-12(3-5-13)16(22)23/h2-7H,8-11H2,1H3,(H,22,23). The molecule has 138 valence electrons. The molecule has 26 heavy (non-hydrogen) atoms. The molecule has 0 unspecified atom stereocenters. The zero-order valence-corrected chi connectivity index (χ0v) is 14.9. The minimum atomic E-state index is -3.73. The molecule has 2 heterocycles. The second-order valence-corrected chi connectivity index (χ2v) is 7.80. The summed E-state index contributed by atoms with van der Waals surface area (Å²) in [6.45, 7) is 0.895. The fourth-order valence-electron chi connectivity index (χ4n) is 2.80. The molecular weight excluding hydrogens is 360 g/mol. The first-order valence-corrected chi connectivity index (χ1v) is 9.35. The molecule has 0 radical (unpaired) electrons. The highest BCUT2D eigenvalue weighted by Gasteiger charge is 2.31. The summed E-state index contributed by atoms with van der Waals surface area (Å²) < 4.78 is 28.2. The van der Waals surface area contributed by atoms with Gasteiger partial charge in [0.2, 0.25) is 10.0 Å². The highest BCUT2D eigenvalue weighted by atomic mass is 32.2. The van der Waals surface area contributed by atoms with E-state index in [1.54, 1.807) is 18.0 Å². The van der Waals surface area contributed by atoms with E-state index in [2.05, 4.69) is 5.10 Å². The number of aromatic nitrogens is 2. The van der Waals surface area contributed by atoms with Crippen molar-refractivity contribution < 1.29 is 23.1 Å². The van der Waals surface area contributed by atoms with E-state index in [9.17, 15) is 18.0 Å². The molecule has 1 amide bonds. The Morgan fingerprint density at radius 3 is 2.15 bits per heavy atom. The SMILES string of the molecule is Cn1nccc1C(=O)N1CCN(S(=O)(=O)c2ccc(C(=O)O)cc2)CC1. The molecule has 1 fully saturated rings. The van der Waals surface area contributed by atoms with Crippen LogP contribution in [0.2, 0.25) is 0 Å². The van der Waals surface area contributed by atoms with Gasteiger partial charge < -0.3 is 10.0 Å². The number of sulfonamides is 1. The molecule has 1 aliphatic rings. The number of rotatable bonds is 4. The molecule has 10 heteroatoms. The van der Waals surface area contributed by atoms with Gasteiger partial charge in [0.05, 0.1) is 10.5 Å². The number of aryl methyl sites for hydroxylation is 1. The number of hydrogen-bond donors (Lipinski definition) is 1. The third-order valence-corrected chi connectivity index (χ3v) is 6.22. The first-order chi connectivity index (χ1) is 12.3. The molecule has 1 saturated heterocycles. The van der Waals surface area contributed by atoms with Crippen LogP contribution >= 0.6 is 0 Å². The van der Waals surface area contributed by atoms with E-state index in [0.29, 0.717) is 5.69 Å². The lowest BCUT2D eigenvalue weighted by Crippen LogP contribution is -2.50. The Labute approximate surface area is 150 Å². The van der Waals surface area contributed by atoms with Crippen molar-refractivity contribution in [1.29, 1.82) is 0 Å². The Morgan fingerprint density at radius 1 is 1.04 bits per heavy atom. The van der Waals surface area contributed by atoms with Gasteiger partial charge in [-0.25, -0.2) is 13.2 Å². The van der Waals surface area contributed by atoms with Gasteiger partial charge in [-0.3, -0.25) is 9.48 Å². The van der Waals surface area contributed by atoms with Crippen LogP contribution in [0.3, 0.4) is 0 Å². The summed E-state index contributed by atoms with van der Waals surface area (Å²) in [5.74, 6) is -1.30. The number of carboxylic acids is 1. The van der Waals surface area contributed by atoms with Gasteiger partial charge in [0.15, 0.2) is 0 Å². The quantitative estimate of drug-likeness (QED) is 0.817. The predicted molar refractivity (Wildman–Crippen MR) is 91.3 cm³/mol. The van der Waals surface area contributed by atoms with Crippen LogP contribution in [0.5, 0.6) is 0 Å². The molecule has 0 atom stereocenters. The van der Waals surface area contributed by atoms with Crippen LogP contribution in [0.25, 0.3) is 0 Å². The second-order valence-electron chi connectivity index (χ2n) is 5.87. The molecule has 9 nitrogen and oxygen atoms in total. The van der Waals surface area contributed by atoms with Crippen LogP contribution in [0.1, 0.15) is 20.8 Å². The minimum absolute atomic E-state index is 0.0237. The predicted octanol–water partition coefficient (Wildman–Crippen LogP) is 0.265. The maximum atomic E-state index is 12.7. The largest absolute Gasteiger partial charge is 0.478 e. The lowest BCUT2D eigenvalue weighted by molar-refractivity contribution is 0.0682. The van der Waals surface area contributed by atoms with E-state index in [1.165, 1.54) is 39.4 Å². The number of amides is 1. The summed E-state index contributed by atoms with van der Waals surface area (Å²) >= 11 is 0. The number of aromatic carboxylic acids is 1. The molecule has 0 saturated carbocycles. The van der Waals surface area contributed by atoms with Crippen LogP contribution < -0.4 is 0 Å². The zero-order chi connectivity index (χ0) is 18.9. The molecule has 2 aromatic rings. The highest BCUT2D eigenvalue weighted by molar-refractivity contribution is 7.89. The minimum Gasteiger partial charge on any atom is -0.478 e. The lowest BCUT2D eigenvalue weighted by atomic mass is 10.2. The van der Waals surface area contributed by atoms with Gasteiger partial charge in [-0.2, -0.15) is 9.40 Å². The summed E-state index contributed by atoms with van der Waals surface area (Å²) in [4.78, 5) is 25.0. The molecule has 1 aromatic heterocycles. The Kier molecular flexibility index (Phi) is 4.79. The van der Waals surface area contributed by atoms with E-state index in [0.717, 1.165) is 0 Å². The number of carbonyl (C=O) groups excluding carboxylic acids is 1. The van der Waals surface area contributed by atoms with E-state index >= 15 is 0 Å². The maximum Gasteiger partial charge on any atom is 0.335 e. The Hall–Kier alpha value is -2.72. The molecule has 1 aromatic carbocycles. The first kappa shape index (κ1) is 18.1. The maximum absolute atomic E-state index is 12.7. The summed E-state index contributed by atoms with van der Waals surface area (Å²) in [5, 5.41) is 12.9.